The number of nitrogens with one attached hydrogen (secondary N) is 1. The SMILES string of the molecule is CCN(CC(=O)O)CC(=O)NCCC(C)C. The van der Waals surface area contributed by atoms with Crippen LogP contribution in [0.1, 0.15) is 27.2 Å². The van der Waals surface area contributed by atoms with Gasteiger partial charge >= 0.3 is 5.97 Å². The maximum atomic E-state index is 11.4. The number of aliphatic carboxylic acids is 1. The summed E-state index contributed by atoms with van der Waals surface area (Å²) < 4.78 is 0. The molecular weight excluding hydrogens is 208 g/mol. The normalized spacial score (nSPS) is 10.8. The Bertz CT molecular complexity index is 229. The molecule has 2 N–H and O–H groups in total. The van der Waals surface area contributed by atoms with E-state index < -0.39 is 5.97 Å². The van der Waals surface area contributed by atoms with Gasteiger partial charge in [-0.2, -0.15) is 0 Å². The van der Waals surface area contributed by atoms with Crippen LogP contribution in [0.2, 0.25) is 0 Å². The van der Waals surface area contributed by atoms with Crippen LogP contribution in [0, 0.1) is 5.92 Å². The Labute approximate surface area is 96.8 Å². The summed E-state index contributed by atoms with van der Waals surface area (Å²) in [5, 5.41) is 11.4. The summed E-state index contributed by atoms with van der Waals surface area (Å²) in [6.07, 6.45) is 0.941. The topological polar surface area (TPSA) is 69.6 Å². The highest BCUT2D eigenvalue weighted by atomic mass is 16.4. The molecule has 0 spiro atoms. The van der Waals surface area contributed by atoms with Crippen LogP contribution >= 0.6 is 0 Å². The van der Waals surface area contributed by atoms with Gasteiger partial charge in [-0.3, -0.25) is 14.5 Å². The molecule has 0 bridgehead atoms. The highest BCUT2D eigenvalue weighted by Gasteiger charge is 2.11. The molecule has 5 nitrogen and oxygen atoms in total. The first-order chi connectivity index (χ1) is 7.45. The first kappa shape index (κ1) is 14.9. The molecule has 5 heteroatoms. The van der Waals surface area contributed by atoms with Crippen LogP contribution in [-0.2, 0) is 9.59 Å². The summed E-state index contributed by atoms with van der Waals surface area (Å²) in [5.41, 5.74) is 0. The summed E-state index contributed by atoms with van der Waals surface area (Å²) in [7, 11) is 0. The molecule has 0 aliphatic carbocycles. The second-order valence-electron chi connectivity index (χ2n) is 4.23. The Hall–Kier alpha value is -1.10. The van der Waals surface area contributed by atoms with E-state index in [4.69, 9.17) is 5.11 Å². The van der Waals surface area contributed by atoms with E-state index in [9.17, 15) is 9.59 Å². The second-order valence-corrected chi connectivity index (χ2v) is 4.23. The van der Waals surface area contributed by atoms with Crippen LogP contribution in [0.3, 0.4) is 0 Å². The van der Waals surface area contributed by atoms with Crippen LogP contribution in [0.25, 0.3) is 0 Å². The van der Waals surface area contributed by atoms with E-state index in [1.54, 1.807) is 4.90 Å². The first-order valence-corrected chi connectivity index (χ1v) is 5.66. The van der Waals surface area contributed by atoms with Crippen molar-refractivity contribution >= 4 is 11.9 Å². The average Bonchev–Trinajstić information content (AvgIpc) is 2.15. The summed E-state index contributed by atoms with van der Waals surface area (Å²) in [6, 6.07) is 0. The molecule has 0 saturated heterocycles. The number of amides is 1. The molecule has 0 radical (unpaired) electrons. The molecular formula is C11H22N2O3. The lowest BCUT2D eigenvalue weighted by Crippen LogP contribution is -2.40. The highest BCUT2D eigenvalue weighted by molar-refractivity contribution is 5.78. The highest BCUT2D eigenvalue weighted by Crippen LogP contribution is 1.96. The van der Waals surface area contributed by atoms with Gasteiger partial charge in [0.2, 0.25) is 5.91 Å². The van der Waals surface area contributed by atoms with Crippen molar-refractivity contribution in [3.63, 3.8) is 0 Å². The maximum Gasteiger partial charge on any atom is 0.317 e. The van der Waals surface area contributed by atoms with Crippen molar-refractivity contribution in [2.75, 3.05) is 26.2 Å². The van der Waals surface area contributed by atoms with E-state index in [1.807, 2.05) is 6.92 Å². The molecule has 16 heavy (non-hydrogen) atoms. The smallest absolute Gasteiger partial charge is 0.317 e. The minimum atomic E-state index is -0.906. The Morgan fingerprint density at radius 1 is 1.31 bits per heavy atom. The Balaban J connectivity index is 3.78. The summed E-state index contributed by atoms with van der Waals surface area (Å²) in [4.78, 5) is 23.5. The molecule has 0 atom stereocenters. The molecule has 1 amide bonds. The molecule has 0 unspecified atom stereocenters. The molecule has 0 aliphatic rings. The molecule has 0 saturated carbocycles. The number of carboxylic acid groups (broad SMARTS) is 1. The zero-order valence-electron chi connectivity index (χ0n) is 10.3. The van der Waals surface area contributed by atoms with Crippen molar-refractivity contribution in [1.82, 2.24) is 10.2 Å². The number of likely N-dealkylation sites (N-methyl/N-ethyl adjacent to an activating group) is 1. The third kappa shape index (κ3) is 8.23. The zero-order chi connectivity index (χ0) is 12.6. The number of carbonyl (C=O) groups excluding carboxylic acids is 1. The summed E-state index contributed by atoms with van der Waals surface area (Å²) >= 11 is 0. The van der Waals surface area contributed by atoms with Crippen molar-refractivity contribution in [2.24, 2.45) is 5.92 Å². The monoisotopic (exact) mass is 230 g/mol. The number of hydrogen-bond acceptors (Lipinski definition) is 3. The lowest BCUT2D eigenvalue weighted by atomic mass is 10.1. The minimum absolute atomic E-state index is 0.0892. The quantitative estimate of drug-likeness (QED) is 0.639. The van der Waals surface area contributed by atoms with E-state index >= 15 is 0 Å². The molecule has 0 heterocycles. The van der Waals surface area contributed by atoms with Gasteiger partial charge < -0.3 is 10.4 Å². The maximum absolute atomic E-state index is 11.4. The van der Waals surface area contributed by atoms with Gasteiger partial charge in [0.25, 0.3) is 0 Å². The van der Waals surface area contributed by atoms with Crippen molar-refractivity contribution in [2.45, 2.75) is 27.2 Å². The van der Waals surface area contributed by atoms with Crippen molar-refractivity contribution < 1.29 is 14.7 Å². The fraction of sp³-hybridized carbons (Fsp3) is 0.818. The standard InChI is InChI=1S/C11H22N2O3/c1-4-13(8-11(15)16)7-10(14)12-6-5-9(2)3/h9H,4-8H2,1-3H3,(H,12,14)(H,15,16). The van der Waals surface area contributed by atoms with Crippen molar-refractivity contribution in [3.05, 3.63) is 0 Å². The van der Waals surface area contributed by atoms with Crippen LogP contribution in [-0.4, -0.2) is 48.1 Å². The van der Waals surface area contributed by atoms with Gasteiger partial charge in [0.15, 0.2) is 0 Å². The third-order valence-electron chi connectivity index (χ3n) is 2.22. The van der Waals surface area contributed by atoms with Crippen LogP contribution in [0.5, 0.6) is 0 Å². The number of rotatable bonds is 8. The van der Waals surface area contributed by atoms with Crippen LogP contribution < -0.4 is 5.32 Å². The van der Waals surface area contributed by atoms with Gasteiger partial charge in [0.1, 0.15) is 0 Å². The van der Waals surface area contributed by atoms with E-state index in [0.717, 1.165) is 6.42 Å². The first-order valence-electron chi connectivity index (χ1n) is 5.66. The molecule has 0 rings (SSSR count). The summed E-state index contributed by atoms with van der Waals surface area (Å²) in [5.74, 6) is -0.456. The summed E-state index contributed by atoms with van der Waals surface area (Å²) in [6.45, 7) is 7.30. The van der Waals surface area contributed by atoms with Crippen molar-refractivity contribution in [1.29, 1.82) is 0 Å². The fourth-order valence-corrected chi connectivity index (χ4v) is 1.23. The predicted molar refractivity (Wildman–Crippen MR) is 62.2 cm³/mol. The van der Waals surface area contributed by atoms with Crippen molar-refractivity contribution in [3.8, 4) is 0 Å². The van der Waals surface area contributed by atoms with Gasteiger partial charge in [-0.1, -0.05) is 20.8 Å². The van der Waals surface area contributed by atoms with Crippen LogP contribution in [0.4, 0.5) is 0 Å². The number of hydrogen-bond donors (Lipinski definition) is 2. The number of carboxylic acids is 1. The molecule has 0 aromatic heterocycles. The second kappa shape index (κ2) is 8.10. The molecule has 94 valence electrons. The predicted octanol–water partition coefficient (Wildman–Crippen LogP) is 0.555. The Kier molecular flexibility index (Phi) is 7.54. The van der Waals surface area contributed by atoms with E-state index in [1.165, 1.54) is 0 Å². The van der Waals surface area contributed by atoms with E-state index in [2.05, 4.69) is 19.2 Å². The molecule has 0 fully saturated rings. The number of carbonyl (C=O) groups is 2. The van der Waals surface area contributed by atoms with E-state index in [-0.39, 0.29) is 19.0 Å². The van der Waals surface area contributed by atoms with E-state index in [0.29, 0.717) is 19.0 Å². The minimum Gasteiger partial charge on any atom is -0.480 e. The molecule has 0 aromatic carbocycles. The zero-order valence-corrected chi connectivity index (χ0v) is 10.3. The fourth-order valence-electron chi connectivity index (χ4n) is 1.23. The largest absolute Gasteiger partial charge is 0.480 e. The number of nitrogens with zero attached hydrogens (tertiary/aromatic N) is 1. The van der Waals surface area contributed by atoms with Gasteiger partial charge in [0.05, 0.1) is 13.1 Å². The van der Waals surface area contributed by atoms with Gasteiger partial charge in [-0.15, -0.1) is 0 Å². The van der Waals surface area contributed by atoms with Gasteiger partial charge in [0, 0.05) is 6.54 Å². The third-order valence-corrected chi connectivity index (χ3v) is 2.22. The molecule has 0 aliphatic heterocycles. The lowest BCUT2D eigenvalue weighted by Gasteiger charge is -2.17. The average molecular weight is 230 g/mol. The van der Waals surface area contributed by atoms with Crippen LogP contribution in [0.15, 0.2) is 0 Å². The molecule has 0 aromatic rings. The Morgan fingerprint density at radius 2 is 1.94 bits per heavy atom. The Morgan fingerprint density at radius 3 is 2.38 bits per heavy atom. The van der Waals surface area contributed by atoms with Gasteiger partial charge in [-0.25, -0.2) is 0 Å². The van der Waals surface area contributed by atoms with Gasteiger partial charge in [-0.05, 0) is 18.9 Å². The lowest BCUT2D eigenvalue weighted by molar-refractivity contribution is -0.138.